The molecule has 0 radical (unpaired) electrons. The van der Waals surface area contributed by atoms with E-state index >= 15 is 0 Å². The van der Waals surface area contributed by atoms with E-state index in [-0.39, 0.29) is 24.1 Å². The van der Waals surface area contributed by atoms with Gasteiger partial charge in [0.25, 0.3) is 0 Å². The second-order valence-corrected chi connectivity index (χ2v) is 5.41. The van der Waals surface area contributed by atoms with E-state index in [0.29, 0.717) is 18.3 Å². The number of fused-ring (bicyclic) bond motifs is 1. The Morgan fingerprint density at radius 1 is 1.56 bits per heavy atom. The van der Waals surface area contributed by atoms with Crippen molar-refractivity contribution >= 4 is 5.91 Å². The molecule has 4 heteroatoms. The zero-order valence-corrected chi connectivity index (χ0v) is 10.1. The first-order valence-electron chi connectivity index (χ1n) is 6.26. The summed E-state index contributed by atoms with van der Waals surface area (Å²) in [7, 11) is 0. The summed E-state index contributed by atoms with van der Waals surface area (Å²) in [6.07, 6.45) is 2.98. The molecule has 4 nitrogen and oxygen atoms in total. The van der Waals surface area contributed by atoms with Crippen LogP contribution in [0.25, 0.3) is 0 Å². The second kappa shape index (κ2) is 4.72. The lowest BCUT2D eigenvalue weighted by Gasteiger charge is -2.52. The number of nitrogens with one attached hydrogen (secondary N) is 1. The highest BCUT2D eigenvalue weighted by molar-refractivity contribution is 5.76. The fourth-order valence-electron chi connectivity index (χ4n) is 2.74. The molecule has 0 aromatic rings. The van der Waals surface area contributed by atoms with Gasteiger partial charge in [-0.3, -0.25) is 4.79 Å². The Morgan fingerprint density at radius 2 is 2.31 bits per heavy atom. The monoisotopic (exact) mass is 226 g/mol. The second-order valence-electron chi connectivity index (χ2n) is 5.41. The summed E-state index contributed by atoms with van der Waals surface area (Å²) in [5.74, 6) is 0.945. The molecule has 4 atom stereocenters. The Kier molecular flexibility index (Phi) is 3.50. The van der Waals surface area contributed by atoms with E-state index in [1.165, 1.54) is 0 Å². The third kappa shape index (κ3) is 2.23. The summed E-state index contributed by atoms with van der Waals surface area (Å²) >= 11 is 0. The number of carbonyl (C=O) groups is 1. The first kappa shape index (κ1) is 11.9. The van der Waals surface area contributed by atoms with Crippen LogP contribution in [0.2, 0.25) is 0 Å². The maximum absolute atomic E-state index is 11.7. The highest BCUT2D eigenvalue weighted by Crippen LogP contribution is 2.36. The van der Waals surface area contributed by atoms with Crippen LogP contribution in [0, 0.1) is 11.8 Å². The molecule has 3 N–H and O–H groups in total. The Labute approximate surface area is 96.9 Å². The average molecular weight is 226 g/mol. The van der Waals surface area contributed by atoms with Gasteiger partial charge in [0.05, 0.1) is 12.1 Å². The van der Waals surface area contributed by atoms with Crippen molar-refractivity contribution in [2.45, 2.75) is 51.3 Å². The summed E-state index contributed by atoms with van der Waals surface area (Å²) in [6.45, 7) is 4.89. The van der Waals surface area contributed by atoms with E-state index < -0.39 is 0 Å². The number of ether oxygens (including phenoxy) is 1. The minimum Gasteiger partial charge on any atom is -0.376 e. The summed E-state index contributed by atoms with van der Waals surface area (Å²) in [5.41, 5.74) is 6.06. The van der Waals surface area contributed by atoms with Crippen LogP contribution >= 0.6 is 0 Å². The Morgan fingerprint density at radius 3 is 3.00 bits per heavy atom. The molecule has 1 aliphatic heterocycles. The van der Waals surface area contributed by atoms with Crippen molar-refractivity contribution < 1.29 is 9.53 Å². The number of rotatable bonds is 3. The largest absolute Gasteiger partial charge is 0.376 e. The molecule has 0 aromatic heterocycles. The zero-order valence-electron chi connectivity index (χ0n) is 10.1. The smallest absolute Gasteiger partial charge is 0.220 e. The van der Waals surface area contributed by atoms with Crippen molar-refractivity contribution in [2.75, 3.05) is 6.61 Å². The third-order valence-corrected chi connectivity index (χ3v) is 3.60. The van der Waals surface area contributed by atoms with Crippen molar-refractivity contribution in [3.8, 4) is 0 Å². The molecule has 0 spiro atoms. The lowest BCUT2D eigenvalue weighted by Crippen LogP contribution is -2.72. The molecule has 2 fully saturated rings. The molecule has 92 valence electrons. The Balaban J connectivity index is 1.84. The molecule has 0 bridgehead atoms. The molecule has 1 aliphatic carbocycles. The third-order valence-electron chi connectivity index (χ3n) is 3.60. The summed E-state index contributed by atoms with van der Waals surface area (Å²) in [5, 5.41) is 3.01. The highest BCUT2D eigenvalue weighted by Gasteiger charge is 2.50. The maximum atomic E-state index is 11.7. The zero-order chi connectivity index (χ0) is 11.7. The van der Waals surface area contributed by atoms with Crippen LogP contribution in [-0.4, -0.2) is 30.7 Å². The van der Waals surface area contributed by atoms with Crippen molar-refractivity contribution in [1.82, 2.24) is 5.32 Å². The molecular formula is C12H22N2O2. The van der Waals surface area contributed by atoms with Crippen LogP contribution in [0.15, 0.2) is 0 Å². The quantitative estimate of drug-likeness (QED) is 0.743. The van der Waals surface area contributed by atoms with Crippen LogP contribution in [-0.2, 0) is 9.53 Å². The molecule has 2 rings (SSSR count). The van der Waals surface area contributed by atoms with Gasteiger partial charge in [-0.1, -0.05) is 13.8 Å². The number of nitrogens with two attached hydrogens (primary N) is 1. The predicted octanol–water partition coefficient (Wildman–Crippen LogP) is 0.653. The number of carbonyl (C=O) groups excluding carboxylic acids is 1. The van der Waals surface area contributed by atoms with E-state index in [2.05, 4.69) is 5.32 Å². The molecule has 4 unspecified atom stereocenters. The molecule has 0 aromatic carbocycles. The summed E-state index contributed by atoms with van der Waals surface area (Å²) in [4.78, 5) is 11.7. The molecule has 1 amide bonds. The SMILES string of the molecule is CC(C)CC(=O)NC1C(N)C2CCCOC21. The standard InChI is InChI=1S/C12H22N2O2/c1-7(2)6-9(15)14-11-10(13)8-4-3-5-16-12(8)11/h7-8,10-12H,3-6,13H2,1-2H3,(H,14,15). The molecule has 2 aliphatic rings. The van der Waals surface area contributed by atoms with Gasteiger partial charge in [0, 0.05) is 25.0 Å². The van der Waals surface area contributed by atoms with E-state index in [1.54, 1.807) is 0 Å². The highest BCUT2D eigenvalue weighted by atomic mass is 16.5. The van der Waals surface area contributed by atoms with Gasteiger partial charge in [0.2, 0.25) is 5.91 Å². The van der Waals surface area contributed by atoms with Gasteiger partial charge in [-0.05, 0) is 18.8 Å². The predicted molar refractivity (Wildman–Crippen MR) is 61.8 cm³/mol. The molecule has 1 heterocycles. The molecule has 1 saturated heterocycles. The van der Waals surface area contributed by atoms with Crippen molar-refractivity contribution in [1.29, 1.82) is 0 Å². The van der Waals surface area contributed by atoms with Crippen LogP contribution in [0.5, 0.6) is 0 Å². The van der Waals surface area contributed by atoms with Gasteiger partial charge in [-0.15, -0.1) is 0 Å². The average Bonchev–Trinajstić information content (AvgIpc) is 2.24. The van der Waals surface area contributed by atoms with Gasteiger partial charge < -0.3 is 15.8 Å². The number of hydrogen-bond acceptors (Lipinski definition) is 3. The normalized spacial score (nSPS) is 37.8. The lowest BCUT2D eigenvalue weighted by molar-refractivity contribution is -0.139. The van der Waals surface area contributed by atoms with Crippen LogP contribution in [0.4, 0.5) is 0 Å². The Hall–Kier alpha value is -0.610. The van der Waals surface area contributed by atoms with E-state index in [4.69, 9.17) is 10.5 Å². The van der Waals surface area contributed by atoms with Crippen LogP contribution in [0.3, 0.4) is 0 Å². The molecule has 16 heavy (non-hydrogen) atoms. The fourth-order valence-corrected chi connectivity index (χ4v) is 2.74. The van der Waals surface area contributed by atoms with Gasteiger partial charge in [-0.2, -0.15) is 0 Å². The maximum Gasteiger partial charge on any atom is 0.220 e. The van der Waals surface area contributed by atoms with Gasteiger partial charge in [0.15, 0.2) is 0 Å². The van der Waals surface area contributed by atoms with Crippen molar-refractivity contribution in [3.05, 3.63) is 0 Å². The summed E-state index contributed by atoms with van der Waals surface area (Å²) < 4.78 is 5.67. The van der Waals surface area contributed by atoms with Gasteiger partial charge in [0.1, 0.15) is 0 Å². The van der Waals surface area contributed by atoms with E-state index in [0.717, 1.165) is 19.4 Å². The molecule has 1 saturated carbocycles. The van der Waals surface area contributed by atoms with E-state index in [1.807, 2.05) is 13.8 Å². The van der Waals surface area contributed by atoms with Gasteiger partial charge >= 0.3 is 0 Å². The number of hydrogen-bond donors (Lipinski definition) is 2. The lowest BCUT2D eigenvalue weighted by atomic mass is 9.68. The van der Waals surface area contributed by atoms with Crippen LogP contribution in [0.1, 0.15) is 33.1 Å². The van der Waals surface area contributed by atoms with E-state index in [9.17, 15) is 4.79 Å². The Bertz CT molecular complexity index is 268. The van der Waals surface area contributed by atoms with Crippen molar-refractivity contribution in [2.24, 2.45) is 17.6 Å². The molecular weight excluding hydrogens is 204 g/mol. The minimum absolute atomic E-state index is 0.0385. The summed E-state index contributed by atoms with van der Waals surface area (Å²) in [6, 6.07) is 0.123. The van der Waals surface area contributed by atoms with Crippen LogP contribution < -0.4 is 11.1 Å². The number of amides is 1. The van der Waals surface area contributed by atoms with Crippen molar-refractivity contribution in [3.63, 3.8) is 0 Å². The fraction of sp³-hybridized carbons (Fsp3) is 0.917. The first-order valence-corrected chi connectivity index (χ1v) is 6.26. The minimum atomic E-state index is 0.0385. The first-order chi connectivity index (χ1) is 7.59. The topological polar surface area (TPSA) is 64.4 Å². The van der Waals surface area contributed by atoms with Gasteiger partial charge in [-0.25, -0.2) is 0 Å².